The van der Waals surface area contributed by atoms with Crippen molar-refractivity contribution < 1.29 is 13.6 Å². The Morgan fingerprint density at radius 2 is 2.10 bits per heavy atom. The number of hydrogen-bond donors (Lipinski definition) is 0. The lowest BCUT2D eigenvalue weighted by Gasteiger charge is -2.32. The van der Waals surface area contributed by atoms with Gasteiger partial charge in [-0.3, -0.25) is 0 Å². The second-order valence-corrected chi connectivity index (χ2v) is 17.7. The number of hydrogen-bond acceptors (Lipinski definition) is 3. The third-order valence-corrected chi connectivity index (χ3v) is 8.61. The Morgan fingerprint density at radius 3 is 2.75 bits per heavy atom. The topological polar surface area (TPSA) is 27.7 Å². The zero-order chi connectivity index (χ0) is 14.8. The third kappa shape index (κ3) is 4.69. The molecule has 0 radical (unpaired) electrons. The largest absolute Gasteiger partial charge is 0.519 e. The van der Waals surface area contributed by atoms with Gasteiger partial charge in [0, 0.05) is 11.6 Å². The van der Waals surface area contributed by atoms with Crippen molar-refractivity contribution in [3.8, 4) is 11.5 Å². The van der Waals surface area contributed by atoms with Gasteiger partial charge in [-0.2, -0.15) is 0 Å². The summed E-state index contributed by atoms with van der Waals surface area (Å²) in [7, 11) is -2.25. The molecular weight excluding hydrogens is 378 g/mol. The highest BCUT2D eigenvalue weighted by atomic mass is 35.8. The van der Waals surface area contributed by atoms with E-state index in [9.17, 15) is 0 Å². The molecule has 0 bridgehead atoms. The van der Waals surface area contributed by atoms with Gasteiger partial charge < -0.3 is 13.6 Å². The number of rotatable bonds is 5. The van der Waals surface area contributed by atoms with E-state index >= 15 is 0 Å². The van der Waals surface area contributed by atoms with Crippen LogP contribution in [0.4, 0.5) is 0 Å². The molecule has 1 atom stereocenters. The minimum atomic E-state index is -2.63. The van der Waals surface area contributed by atoms with E-state index in [4.69, 9.17) is 58.4 Å². The summed E-state index contributed by atoms with van der Waals surface area (Å²) in [6, 6.07) is 3.43. The van der Waals surface area contributed by atoms with E-state index in [0.717, 1.165) is 17.1 Å². The van der Waals surface area contributed by atoms with Gasteiger partial charge in [-0.1, -0.05) is 0 Å². The Labute approximate surface area is 139 Å². The van der Waals surface area contributed by atoms with Gasteiger partial charge in [-0.15, -0.1) is 44.8 Å². The van der Waals surface area contributed by atoms with Crippen LogP contribution in [-0.4, -0.2) is 26.7 Å². The van der Waals surface area contributed by atoms with E-state index in [1.54, 1.807) is 0 Å². The number of benzene rings is 1. The summed E-state index contributed by atoms with van der Waals surface area (Å²) in [5, 5.41) is 0. The molecule has 9 heteroatoms. The Balaban J connectivity index is 1.99. The maximum absolute atomic E-state index is 5.88. The van der Waals surface area contributed by atoms with Crippen molar-refractivity contribution in [3.05, 3.63) is 23.8 Å². The number of fused-ring (bicyclic) bond motifs is 1. The fourth-order valence-corrected chi connectivity index (χ4v) is 4.44. The van der Waals surface area contributed by atoms with E-state index in [1.165, 1.54) is 0 Å². The fourth-order valence-electron chi connectivity index (χ4n) is 1.70. The molecule has 3 nitrogen and oxygen atoms in total. The van der Waals surface area contributed by atoms with Crippen molar-refractivity contribution in [2.45, 2.75) is 19.2 Å². The van der Waals surface area contributed by atoms with Crippen LogP contribution in [0.25, 0.3) is 0 Å². The van der Waals surface area contributed by atoms with Gasteiger partial charge in [-0.25, -0.2) is 0 Å². The summed E-state index contributed by atoms with van der Waals surface area (Å²) in [4.78, 5) is 0. The first kappa shape index (κ1) is 16.7. The lowest BCUT2D eigenvalue weighted by Crippen LogP contribution is -2.47. The van der Waals surface area contributed by atoms with Crippen LogP contribution in [0.15, 0.2) is 18.2 Å². The van der Waals surface area contributed by atoms with E-state index in [1.807, 2.05) is 24.7 Å². The van der Waals surface area contributed by atoms with Crippen molar-refractivity contribution in [3.63, 3.8) is 0 Å². The van der Waals surface area contributed by atoms with Crippen molar-refractivity contribution in [2.24, 2.45) is 0 Å². The van der Waals surface area contributed by atoms with Crippen molar-refractivity contribution >= 4 is 59.4 Å². The maximum atomic E-state index is 5.88. The molecule has 0 aromatic heterocycles. The lowest BCUT2D eigenvalue weighted by atomic mass is 10.2. The smallest absolute Gasteiger partial charge is 0.411 e. The molecule has 1 aliphatic heterocycles. The Morgan fingerprint density at radius 1 is 1.35 bits per heavy atom. The molecule has 1 aromatic carbocycles. The van der Waals surface area contributed by atoms with E-state index in [2.05, 4.69) is 0 Å². The summed E-state index contributed by atoms with van der Waals surface area (Å²) < 4.78 is 17.2. The second-order valence-electron chi connectivity index (χ2n) is 4.64. The summed E-state index contributed by atoms with van der Waals surface area (Å²) in [6.07, 6.45) is 0. The van der Waals surface area contributed by atoms with Crippen LogP contribution in [0.5, 0.6) is 11.5 Å². The Kier molecular flexibility index (Phi) is 5.56. The monoisotopic (exact) mass is 390 g/mol. The van der Waals surface area contributed by atoms with Crippen molar-refractivity contribution in [2.75, 3.05) is 12.1 Å². The molecule has 1 aliphatic rings. The molecule has 1 heterocycles. The van der Waals surface area contributed by atoms with Crippen LogP contribution >= 0.6 is 44.8 Å². The quantitative estimate of drug-likeness (QED) is 0.420. The van der Waals surface area contributed by atoms with Crippen molar-refractivity contribution in [1.29, 1.82) is 0 Å². The average Bonchev–Trinajstić information content (AvgIpc) is 2.37. The molecule has 2 rings (SSSR count). The van der Waals surface area contributed by atoms with Crippen molar-refractivity contribution in [1.82, 2.24) is 0 Å². The second kappa shape index (κ2) is 6.64. The lowest BCUT2D eigenvalue weighted by molar-refractivity contribution is 0.209. The van der Waals surface area contributed by atoms with Crippen LogP contribution in [0.2, 0.25) is 12.6 Å². The van der Waals surface area contributed by atoms with E-state index in [-0.39, 0.29) is 0 Å². The molecular formula is C11H14Cl4O3Si2. The number of alkyl halides is 1. The highest BCUT2D eigenvalue weighted by molar-refractivity contribution is 7.64. The highest BCUT2D eigenvalue weighted by Crippen LogP contribution is 2.33. The van der Waals surface area contributed by atoms with Crippen LogP contribution in [0.3, 0.4) is 0 Å². The zero-order valence-corrected chi connectivity index (χ0v) is 15.8. The zero-order valence-electron chi connectivity index (χ0n) is 10.8. The molecule has 0 saturated heterocycles. The van der Waals surface area contributed by atoms with E-state index < -0.39 is 14.6 Å². The third-order valence-electron chi connectivity index (χ3n) is 2.79. The first-order valence-corrected chi connectivity index (χ1v) is 14.3. The molecule has 0 aliphatic carbocycles. The minimum Gasteiger partial charge on any atom is -0.519 e. The highest BCUT2D eigenvalue weighted by Gasteiger charge is 2.37. The molecule has 0 saturated carbocycles. The van der Waals surface area contributed by atoms with Gasteiger partial charge in [-0.05, 0) is 24.7 Å². The first-order chi connectivity index (χ1) is 9.31. The molecule has 20 heavy (non-hydrogen) atoms. The summed E-state index contributed by atoms with van der Waals surface area (Å²) in [5.41, 5.74) is 1.35. The normalized spacial score (nSPS) is 22.1. The molecule has 112 valence electrons. The number of halogens is 4. The van der Waals surface area contributed by atoms with Crippen LogP contribution < -0.4 is 9.16 Å². The fraction of sp³-hybridized carbons (Fsp3) is 0.455. The summed E-state index contributed by atoms with van der Waals surface area (Å²) >= 11 is 23.3. The van der Waals surface area contributed by atoms with Crippen LogP contribution in [0.1, 0.15) is 5.56 Å². The van der Waals surface area contributed by atoms with Gasteiger partial charge in [0.05, 0.1) is 18.7 Å². The summed E-state index contributed by atoms with van der Waals surface area (Å²) in [5.74, 6) is 1.53. The van der Waals surface area contributed by atoms with E-state index in [0.29, 0.717) is 24.8 Å². The predicted octanol–water partition coefficient (Wildman–Crippen LogP) is 4.48. The maximum Gasteiger partial charge on any atom is 0.411 e. The molecule has 0 fully saturated rings. The van der Waals surface area contributed by atoms with Crippen LogP contribution in [0, 0.1) is 0 Å². The predicted molar refractivity (Wildman–Crippen MR) is 87.8 cm³/mol. The van der Waals surface area contributed by atoms with Gasteiger partial charge >= 0.3 is 14.6 Å². The Bertz CT molecular complexity index is 483. The molecule has 0 N–H and O–H groups in total. The molecule has 1 unspecified atom stereocenters. The Hall–Kier alpha value is 0.374. The number of ether oxygens (including phenoxy) is 1. The summed E-state index contributed by atoms with van der Waals surface area (Å²) in [6.45, 7) is 2.82. The minimum absolute atomic E-state index is 0.386. The first-order valence-electron chi connectivity index (χ1n) is 6.03. The van der Waals surface area contributed by atoms with Gasteiger partial charge in [0.1, 0.15) is 11.5 Å². The molecule has 0 amide bonds. The van der Waals surface area contributed by atoms with Crippen LogP contribution in [-0.2, 0) is 11.0 Å². The SMILES string of the molecule is C[Si]1(CCl)OCc2cc(OCC[Si](Cl)(Cl)Cl)ccc2O1. The van der Waals surface area contributed by atoms with Gasteiger partial charge in [0.2, 0.25) is 0 Å². The van der Waals surface area contributed by atoms with Gasteiger partial charge in [0.15, 0.2) is 0 Å². The standard InChI is InChI=1S/C11H14Cl4O3Si2/c1-19(8-12)17-7-9-6-10(2-3-11(9)18-19)16-4-5-20(13,14)15/h2-3,6H,4-5,7-8H2,1H3. The van der Waals surface area contributed by atoms with Gasteiger partial charge in [0.25, 0.3) is 0 Å². The average molecular weight is 392 g/mol. The molecule has 1 aromatic rings. The molecule has 0 spiro atoms.